The fourth-order valence-corrected chi connectivity index (χ4v) is 3.51. The minimum atomic E-state index is 0. The Labute approximate surface area is 180 Å². The van der Waals surface area contributed by atoms with E-state index in [1.54, 1.807) is 13.2 Å². The zero-order valence-corrected chi connectivity index (χ0v) is 19.3. The number of aliphatic imine (C=N–C) groups is 1. The van der Waals surface area contributed by atoms with E-state index in [-0.39, 0.29) is 29.5 Å². The third-order valence-corrected chi connectivity index (χ3v) is 5.47. The van der Waals surface area contributed by atoms with E-state index in [1.807, 2.05) is 30.7 Å². The standard InChI is InChI=1S/C20H34N4O2.HI/c1-17-8-6-9-18(25)24(17)14-5-4-13-22-19(21-2)23-16-20(10-7-11-20)12-15-26-3;/h6,8-9H,4-5,7,10-16H2,1-3H3,(H2,21,22,23);1H. The quantitative estimate of drug-likeness (QED) is 0.229. The van der Waals surface area contributed by atoms with E-state index in [2.05, 4.69) is 15.6 Å². The molecule has 2 N–H and O–H groups in total. The Bertz CT molecular complexity index is 641. The summed E-state index contributed by atoms with van der Waals surface area (Å²) in [5.74, 6) is 0.863. The van der Waals surface area contributed by atoms with Crippen LogP contribution in [0.2, 0.25) is 0 Å². The second-order valence-corrected chi connectivity index (χ2v) is 7.31. The van der Waals surface area contributed by atoms with E-state index < -0.39 is 0 Å². The van der Waals surface area contributed by atoms with Crippen molar-refractivity contribution in [1.82, 2.24) is 15.2 Å². The Kier molecular flexibility index (Phi) is 11.0. The van der Waals surface area contributed by atoms with Gasteiger partial charge in [0.15, 0.2) is 5.96 Å². The molecule has 0 unspecified atom stereocenters. The Balaban J connectivity index is 0.00000364. The van der Waals surface area contributed by atoms with Crippen LogP contribution in [0, 0.1) is 12.3 Å². The fraction of sp³-hybridized carbons (Fsp3) is 0.700. The summed E-state index contributed by atoms with van der Waals surface area (Å²) in [4.78, 5) is 16.2. The maximum absolute atomic E-state index is 11.9. The molecule has 6 nitrogen and oxygen atoms in total. The third-order valence-electron chi connectivity index (χ3n) is 5.47. The van der Waals surface area contributed by atoms with E-state index >= 15 is 0 Å². The summed E-state index contributed by atoms with van der Waals surface area (Å²) in [6.07, 6.45) is 6.92. The van der Waals surface area contributed by atoms with Crippen molar-refractivity contribution in [3.63, 3.8) is 0 Å². The fourth-order valence-electron chi connectivity index (χ4n) is 3.51. The van der Waals surface area contributed by atoms with Crippen LogP contribution in [0.1, 0.15) is 44.2 Å². The van der Waals surface area contributed by atoms with Gasteiger partial charge in [0.25, 0.3) is 5.56 Å². The molecule has 1 aliphatic carbocycles. The van der Waals surface area contributed by atoms with E-state index in [0.29, 0.717) is 5.41 Å². The van der Waals surface area contributed by atoms with Crippen LogP contribution in [-0.2, 0) is 11.3 Å². The lowest BCUT2D eigenvalue weighted by Gasteiger charge is -2.42. The summed E-state index contributed by atoms with van der Waals surface area (Å²) in [5, 5.41) is 6.86. The van der Waals surface area contributed by atoms with Crippen LogP contribution in [0.5, 0.6) is 0 Å². The van der Waals surface area contributed by atoms with Crippen LogP contribution < -0.4 is 16.2 Å². The van der Waals surface area contributed by atoms with Gasteiger partial charge >= 0.3 is 0 Å². The van der Waals surface area contributed by atoms with Crippen molar-refractivity contribution in [3.8, 4) is 0 Å². The van der Waals surface area contributed by atoms with E-state index in [1.165, 1.54) is 19.3 Å². The molecule has 154 valence electrons. The largest absolute Gasteiger partial charge is 0.385 e. The molecular formula is C20H35IN4O2. The highest BCUT2D eigenvalue weighted by Crippen LogP contribution is 2.43. The number of nitrogens with one attached hydrogen (secondary N) is 2. The highest BCUT2D eigenvalue weighted by molar-refractivity contribution is 14.0. The Morgan fingerprint density at radius 3 is 2.67 bits per heavy atom. The summed E-state index contributed by atoms with van der Waals surface area (Å²) in [5.41, 5.74) is 1.47. The average Bonchev–Trinajstić information content (AvgIpc) is 2.60. The Morgan fingerprint density at radius 2 is 2.07 bits per heavy atom. The van der Waals surface area contributed by atoms with Gasteiger partial charge in [-0.2, -0.15) is 0 Å². The van der Waals surface area contributed by atoms with Crippen LogP contribution in [0.15, 0.2) is 28.0 Å². The van der Waals surface area contributed by atoms with Crippen LogP contribution in [0.4, 0.5) is 0 Å². The van der Waals surface area contributed by atoms with Crippen LogP contribution in [-0.4, -0.2) is 44.4 Å². The lowest BCUT2D eigenvalue weighted by atomic mass is 9.67. The van der Waals surface area contributed by atoms with Crippen molar-refractivity contribution in [2.75, 3.05) is 33.9 Å². The summed E-state index contributed by atoms with van der Waals surface area (Å²) < 4.78 is 7.09. The maximum atomic E-state index is 11.9. The number of halogens is 1. The Hall–Kier alpha value is -1.09. The monoisotopic (exact) mass is 490 g/mol. The lowest BCUT2D eigenvalue weighted by molar-refractivity contribution is 0.0732. The summed E-state index contributed by atoms with van der Waals surface area (Å²) in [7, 11) is 3.58. The molecule has 7 heteroatoms. The summed E-state index contributed by atoms with van der Waals surface area (Å²) in [6.45, 7) is 5.37. The maximum Gasteiger partial charge on any atom is 0.250 e. The number of hydrogen-bond acceptors (Lipinski definition) is 3. The lowest BCUT2D eigenvalue weighted by Crippen LogP contribution is -2.47. The number of methoxy groups -OCH3 is 1. The van der Waals surface area contributed by atoms with Crippen molar-refractivity contribution in [1.29, 1.82) is 0 Å². The molecule has 2 rings (SSSR count). The molecule has 1 aromatic rings. The van der Waals surface area contributed by atoms with Gasteiger partial charge in [-0.25, -0.2) is 0 Å². The number of aromatic nitrogens is 1. The number of unbranched alkanes of at least 4 members (excludes halogenated alkanes) is 1. The zero-order chi connectivity index (χ0) is 18.8. The molecule has 1 saturated carbocycles. The summed E-state index contributed by atoms with van der Waals surface area (Å²) >= 11 is 0. The number of hydrogen-bond donors (Lipinski definition) is 2. The van der Waals surface area contributed by atoms with Crippen molar-refractivity contribution in [3.05, 3.63) is 34.2 Å². The van der Waals surface area contributed by atoms with Gasteiger partial charge in [0.05, 0.1) is 0 Å². The van der Waals surface area contributed by atoms with Gasteiger partial charge in [-0.1, -0.05) is 12.5 Å². The van der Waals surface area contributed by atoms with Crippen molar-refractivity contribution >= 4 is 29.9 Å². The number of guanidine groups is 1. The Morgan fingerprint density at radius 1 is 1.30 bits per heavy atom. The molecule has 0 aliphatic heterocycles. The van der Waals surface area contributed by atoms with Gasteiger partial charge in [-0.3, -0.25) is 9.79 Å². The second-order valence-electron chi connectivity index (χ2n) is 7.31. The van der Waals surface area contributed by atoms with Crippen molar-refractivity contribution in [2.45, 2.75) is 52.0 Å². The average molecular weight is 490 g/mol. The molecule has 27 heavy (non-hydrogen) atoms. The predicted octanol–water partition coefficient (Wildman–Crippen LogP) is 2.93. The number of aryl methyl sites for hydroxylation is 1. The number of rotatable bonds is 10. The first-order valence-corrected chi connectivity index (χ1v) is 9.70. The van der Waals surface area contributed by atoms with Gasteiger partial charge in [0.1, 0.15) is 0 Å². The first-order valence-electron chi connectivity index (χ1n) is 9.70. The van der Waals surface area contributed by atoms with Gasteiger partial charge in [0, 0.05) is 52.2 Å². The molecule has 0 spiro atoms. The molecule has 0 radical (unpaired) electrons. The normalized spacial score (nSPS) is 15.6. The highest BCUT2D eigenvalue weighted by Gasteiger charge is 2.36. The molecular weight excluding hydrogens is 455 g/mol. The first-order chi connectivity index (χ1) is 12.6. The molecule has 1 heterocycles. The molecule has 0 aromatic carbocycles. The molecule has 0 atom stereocenters. The van der Waals surface area contributed by atoms with Crippen LogP contribution in [0.3, 0.4) is 0 Å². The van der Waals surface area contributed by atoms with Crippen molar-refractivity contribution in [2.24, 2.45) is 10.4 Å². The molecule has 0 bridgehead atoms. The molecule has 1 aliphatic rings. The molecule has 0 saturated heterocycles. The topological polar surface area (TPSA) is 67.7 Å². The summed E-state index contributed by atoms with van der Waals surface area (Å²) in [6, 6.07) is 5.41. The zero-order valence-electron chi connectivity index (χ0n) is 16.9. The van der Waals surface area contributed by atoms with Gasteiger partial charge in [-0.15, -0.1) is 24.0 Å². The van der Waals surface area contributed by atoms with E-state index in [4.69, 9.17) is 4.74 Å². The smallest absolute Gasteiger partial charge is 0.250 e. The predicted molar refractivity (Wildman–Crippen MR) is 122 cm³/mol. The minimum Gasteiger partial charge on any atom is -0.385 e. The SMILES string of the molecule is CN=C(NCCCCn1c(C)cccc1=O)NCC1(CCOC)CCC1.I. The highest BCUT2D eigenvalue weighted by atomic mass is 127. The van der Waals surface area contributed by atoms with Gasteiger partial charge < -0.3 is 19.9 Å². The number of nitrogens with zero attached hydrogens (tertiary/aromatic N) is 2. The number of ether oxygens (including phenoxy) is 1. The van der Waals surface area contributed by atoms with Gasteiger partial charge in [0.2, 0.25) is 0 Å². The van der Waals surface area contributed by atoms with E-state index in [9.17, 15) is 4.79 Å². The second kappa shape index (κ2) is 12.4. The van der Waals surface area contributed by atoms with Crippen LogP contribution >= 0.6 is 24.0 Å². The van der Waals surface area contributed by atoms with Gasteiger partial charge in [-0.05, 0) is 50.5 Å². The molecule has 1 aromatic heterocycles. The minimum absolute atomic E-state index is 0. The molecule has 1 fully saturated rings. The molecule has 0 amide bonds. The van der Waals surface area contributed by atoms with Crippen molar-refractivity contribution < 1.29 is 4.74 Å². The third kappa shape index (κ3) is 7.44. The van der Waals surface area contributed by atoms with Crippen LogP contribution in [0.25, 0.3) is 0 Å². The number of pyridine rings is 1. The first kappa shape index (κ1) is 23.9. The van der Waals surface area contributed by atoms with E-state index in [0.717, 1.165) is 57.2 Å².